The first-order valence-electron chi connectivity index (χ1n) is 6.21. The summed E-state index contributed by atoms with van der Waals surface area (Å²) >= 11 is 0. The molecule has 0 aliphatic carbocycles. The van der Waals surface area contributed by atoms with E-state index in [-0.39, 0.29) is 11.9 Å². The lowest BCUT2D eigenvalue weighted by atomic mass is 9.98. The van der Waals surface area contributed by atoms with Crippen molar-refractivity contribution in [2.24, 2.45) is 5.92 Å². The summed E-state index contributed by atoms with van der Waals surface area (Å²) in [5, 5.41) is 9.12. The number of likely N-dealkylation sites (tertiary alicyclic amines) is 1. The SMILES string of the molecule is COC(=O)C1CCCN(Cc2cc(=O)c(O)co2)C1. The van der Waals surface area contributed by atoms with E-state index in [2.05, 4.69) is 0 Å². The molecule has 1 aliphatic heterocycles. The maximum absolute atomic E-state index is 11.5. The van der Waals surface area contributed by atoms with Crippen molar-refractivity contribution in [3.63, 3.8) is 0 Å². The topological polar surface area (TPSA) is 80.0 Å². The molecule has 1 aromatic heterocycles. The molecule has 104 valence electrons. The van der Waals surface area contributed by atoms with Crippen LogP contribution in [0.1, 0.15) is 18.6 Å². The first kappa shape index (κ1) is 13.6. The zero-order valence-corrected chi connectivity index (χ0v) is 10.8. The van der Waals surface area contributed by atoms with Crippen molar-refractivity contribution >= 4 is 5.97 Å². The van der Waals surface area contributed by atoms with Crippen LogP contribution in [-0.2, 0) is 16.1 Å². The third kappa shape index (κ3) is 3.35. The second-order valence-electron chi connectivity index (χ2n) is 4.69. The molecule has 1 N–H and O–H groups in total. The Labute approximate surface area is 110 Å². The van der Waals surface area contributed by atoms with Crippen molar-refractivity contribution in [2.75, 3.05) is 20.2 Å². The maximum Gasteiger partial charge on any atom is 0.309 e. The van der Waals surface area contributed by atoms with Gasteiger partial charge in [0.15, 0.2) is 5.75 Å². The fraction of sp³-hybridized carbons (Fsp3) is 0.538. The summed E-state index contributed by atoms with van der Waals surface area (Å²) in [6.07, 6.45) is 2.77. The highest BCUT2D eigenvalue weighted by atomic mass is 16.5. The van der Waals surface area contributed by atoms with E-state index in [9.17, 15) is 9.59 Å². The fourth-order valence-electron chi connectivity index (χ4n) is 2.31. The van der Waals surface area contributed by atoms with Gasteiger partial charge in [-0.1, -0.05) is 0 Å². The number of aromatic hydroxyl groups is 1. The third-order valence-corrected chi connectivity index (χ3v) is 3.29. The highest BCUT2D eigenvalue weighted by Crippen LogP contribution is 2.19. The van der Waals surface area contributed by atoms with Crippen molar-refractivity contribution in [3.05, 3.63) is 28.3 Å². The molecule has 6 heteroatoms. The molecule has 1 saturated heterocycles. The van der Waals surface area contributed by atoms with Crippen molar-refractivity contribution in [3.8, 4) is 5.75 Å². The number of esters is 1. The average Bonchev–Trinajstić information content (AvgIpc) is 2.42. The largest absolute Gasteiger partial charge is 0.502 e. The molecule has 19 heavy (non-hydrogen) atoms. The number of ether oxygens (including phenoxy) is 1. The second-order valence-corrected chi connectivity index (χ2v) is 4.69. The van der Waals surface area contributed by atoms with Gasteiger partial charge in [-0.15, -0.1) is 0 Å². The van der Waals surface area contributed by atoms with Gasteiger partial charge in [0.1, 0.15) is 12.0 Å². The minimum Gasteiger partial charge on any atom is -0.502 e. The number of carbonyl (C=O) groups excluding carboxylic acids is 1. The molecule has 0 bridgehead atoms. The molecule has 1 fully saturated rings. The van der Waals surface area contributed by atoms with E-state index < -0.39 is 11.2 Å². The molecule has 1 aliphatic rings. The first-order chi connectivity index (χ1) is 9.10. The first-order valence-corrected chi connectivity index (χ1v) is 6.21. The molecule has 2 heterocycles. The highest BCUT2D eigenvalue weighted by molar-refractivity contribution is 5.72. The monoisotopic (exact) mass is 267 g/mol. The van der Waals surface area contributed by atoms with Crippen LogP contribution in [0.4, 0.5) is 0 Å². The molecular formula is C13H17NO5. The summed E-state index contributed by atoms with van der Waals surface area (Å²) in [4.78, 5) is 24.8. The van der Waals surface area contributed by atoms with Gasteiger partial charge in [-0.3, -0.25) is 14.5 Å². The predicted octanol–water partition coefficient (Wildman–Crippen LogP) is 0.730. The van der Waals surface area contributed by atoms with Crippen molar-refractivity contribution in [1.82, 2.24) is 4.90 Å². The van der Waals surface area contributed by atoms with Crippen LogP contribution in [0.25, 0.3) is 0 Å². The summed E-state index contributed by atoms with van der Waals surface area (Å²) in [6, 6.07) is 1.27. The van der Waals surface area contributed by atoms with E-state index in [1.807, 2.05) is 4.90 Å². The Morgan fingerprint density at radius 3 is 3.11 bits per heavy atom. The van der Waals surface area contributed by atoms with Crippen LogP contribution in [0.5, 0.6) is 5.75 Å². The minimum atomic E-state index is -0.456. The number of rotatable bonds is 3. The highest BCUT2D eigenvalue weighted by Gasteiger charge is 2.26. The van der Waals surface area contributed by atoms with Gasteiger partial charge in [-0.2, -0.15) is 0 Å². The van der Waals surface area contributed by atoms with Crippen molar-refractivity contribution in [1.29, 1.82) is 0 Å². The molecule has 1 unspecified atom stereocenters. The Balaban J connectivity index is 2.00. The third-order valence-electron chi connectivity index (χ3n) is 3.29. The van der Waals surface area contributed by atoms with Gasteiger partial charge < -0.3 is 14.3 Å². The number of carbonyl (C=O) groups is 1. The smallest absolute Gasteiger partial charge is 0.309 e. The van der Waals surface area contributed by atoms with Crippen LogP contribution < -0.4 is 5.43 Å². The Kier molecular flexibility index (Phi) is 4.21. The van der Waals surface area contributed by atoms with Crippen molar-refractivity contribution in [2.45, 2.75) is 19.4 Å². The van der Waals surface area contributed by atoms with E-state index in [1.165, 1.54) is 13.2 Å². The maximum atomic E-state index is 11.5. The quantitative estimate of drug-likeness (QED) is 0.813. The number of hydrogen-bond acceptors (Lipinski definition) is 6. The molecule has 0 saturated carbocycles. The minimum absolute atomic E-state index is 0.123. The normalized spacial score (nSPS) is 20.2. The van der Waals surface area contributed by atoms with Crippen LogP contribution in [-0.4, -0.2) is 36.2 Å². The number of piperidine rings is 1. The van der Waals surface area contributed by atoms with Crippen molar-refractivity contribution < 1.29 is 19.1 Å². The van der Waals surface area contributed by atoms with Gasteiger partial charge in [-0.05, 0) is 19.4 Å². The van der Waals surface area contributed by atoms with Crippen LogP contribution >= 0.6 is 0 Å². The molecule has 1 aromatic rings. The zero-order chi connectivity index (χ0) is 13.8. The molecule has 6 nitrogen and oxygen atoms in total. The molecule has 1 atom stereocenters. The summed E-state index contributed by atoms with van der Waals surface area (Å²) < 4.78 is 9.91. The Hall–Kier alpha value is -1.82. The summed E-state index contributed by atoms with van der Waals surface area (Å²) in [5.41, 5.74) is -0.456. The Bertz CT molecular complexity index is 510. The standard InChI is InChI=1S/C13H17NO5/c1-18-13(17)9-3-2-4-14(6-9)7-10-5-11(15)12(16)8-19-10/h5,8-9,16H,2-4,6-7H2,1H3. The second kappa shape index (κ2) is 5.88. The molecule has 0 spiro atoms. The predicted molar refractivity (Wildman–Crippen MR) is 66.7 cm³/mol. The van der Waals surface area contributed by atoms with Gasteiger partial charge in [-0.25, -0.2) is 0 Å². The molecular weight excluding hydrogens is 250 g/mol. The Morgan fingerprint density at radius 2 is 2.42 bits per heavy atom. The lowest BCUT2D eigenvalue weighted by molar-refractivity contribution is -0.147. The summed E-state index contributed by atoms with van der Waals surface area (Å²) in [6.45, 7) is 1.89. The lowest BCUT2D eigenvalue weighted by Crippen LogP contribution is -2.38. The van der Waals surface area contributed by atoms with Gasteiger partial charge in [0.05, 0.1) is 19.6 Å². The van der Waals surface area contributed by atoms with Crippen LogP contribution in [0.2, 0.25) is 0 Å². The summed E-state index contributed by atoms with van der Waals surface area (Å²) in [5.74, 6) is -0.234. The molecule has 0 amide bonds. The summed E-state index contributed by atoms with van der Waals surface area (Å²) in [7, 11) is 1.39. The number of methoxy groups -OCH3 is 1. The fourth-order valence-corrected chi connectivity index (χ4v) is 2.31. The van der Waals surface area contributed by atoms with Crippen LogP contribution in [0.15, 0.2) is 21.5 Å². The molecule has 2 rings (SSSR count). The van der Waals surface area contributed by atoms with E-state index in [0.717, 1.165) is 25.6 Å². The molecule has 0 aromatic carbocycles. The van der Waals surface area contributed by atoms with Crippen LogP contribution in [0, 0.1) is 5.92 Å². The van der Waals surface area contributed by atoms with E-state index >= 15 is 0 Å². The van der Waals surface area contributed by atoms with Crippen LogP contribution in [0.3, 0.4) is 0 Å². The van der Waals surface area contributed by atoms with Gasteiger partial charge in [0.25, 0.3) is 0 Å². The van der Waals surface area contributed by atoms with E-state index in [1.54, 1.807) is 0 Å². The average molecular weight is 267 g/mol. The number of hydrogen-bond donors (Lipinski definition) is 1. The van der Waals surface area contributed by atoms with Gasteiger partial charge in [0.2, 0.25) is 5.43 Å². The van der Waals surface area contributed by atoms with Gasteiger partial charge >= 0.3 is 5.97 Å². The van der Waals surface area contributed by atoms with E-state index in [4.69, 9.17) is 14.3 Å². The molecule has 0 radical (unpaired) electrons. The Morgan fingerprint density at radius 1 is 1.63 bits per heavy atom. The van der Waals surface area contributed by atoms with E-state index in [0.29, 0.717) is 18.8 Å². The lowest BCUT2D eigenvalue weighted by Gasteiger charge is -2.30. The van der Waals surface area contributed by atoms with Gasteiger partial charge in [0, 0.05) is 12.6 Å². The zero-order valence-electron chi connectivity index (χ0n) is 10.8. The number of nitrogens with zero attached hydrogens (tertiary/aromatic N) is 1.